The highest BCUT2D eigenvalue weighted by Crippen LogP contribution is 2.12. The average Bonchev–Trinajstić information content (AvgIpc) is 2.57. The van der Waals surface area contributed by atoms with Crippen LogP contribution in [0.4, 0.5) is 4.39 Å². The van der Waals surface area contributed by atoms with Crippen LogP contribution in [0.15, 0.2) is 47.4 Å². The Kier molecular flexibility index (Phi) is 7.07. The molecular formula is C18H23FN2O3S. The molecule has 0 aliphatic heterocycles. The van der Waals surface area contributed by atoms with Gasteiger partial charge >= 0.3 is 0 Å². The molecule has 0 aliphatic carbocycles. The SMILES string of the molecule is COCCNS(=O)(=O)c1ccc(CNCc2ccc(F)cc2C)cc1. The molecule has 0 heterocycles. The van der Waals surface area contributed by atoms with Crippen LogP contribution in [0.5, 0.6) is 0 Å². The first-order valence-corrected chi connectivity index (χ1v) is 9.44. The van der Waals surface area contributed by atoms with Gasteiger partial charge in [0.1, 0.15) is 5.82 Å². The molecule has 0 aromatic heterocycles. The van der Waals surface area contributed by atoms with Gasteiger partial charge < -0.3 is 10.1 Å². The van der Waals surface area contributed by atoms with Crippen LogP contribution in [0.1, 0.15) is 16.7 Å². The zero-order valence-electron chi connectivity index (χ0n) is 14.4. The van der Waals surface area contributed by atoms with Gasteiger partial charge in [-0.15, -0.1) is 0 Å². The number of methoxy groups -OCH3 is 1. The minimum absolute atomic E-state index is 0.224. The number of sulfonamides is 1. The Morgan fingerprint density at radius 3 is 2.44 bits per heavy atom. The van der Waals surface area contributed by atoms with Crippen molar-refractivity contribution in [2.75, 3.05) is 20.3 Å². The van der Waals surface area contributed by atoms with Gasteiger partial charge in [0.15, 0.2) is 0 Å². The third kappa shape index (κ3) is 5.89. The number of halogens is 1. The second-order valence-electron chi connectivity index (χ2n) is 5.71. The number of aryl methyl sites for hydroxylation is 1. The smallest absolute Gasteiger partial charge is 0.240 e. The maximum atomic E-state index is 13.1. The lowest BCUT2D eigenvalue weighted by molar-refractivity contribution is 0.204. The maximum Gasteiger partial charge on any atom is 0.240 e. The Morgan fingerprint density at radius 1 is 1.08 bits per heavy atom. The summed E-state index contributed by atoms with van der Waals surface area (Å²) in [5, 5.41) is 3.27. The number of nitrogens with one attached hydrogen (secondary N) is 2. The fourth-order valence-electron chi connectivity index (χ4n) is 2.35. The Bertz CT molecular complexity index is 792. The summed E-state index contributed by atoms with van der Waals surface area (Å²) >= 11 is 0. The van der Waals surface area contributed by atoms with E-state index in [9.17, 15) is 12.8 Å². The van der Waals surface area contributed by atoms with E-state index in [0.717, 1.165) is 16.7 Å². The predicted molar refractivity (Wildman–Crippen MR) is 95.2 cm³/mol. The first-order chi connectivity index (χ1) is 11.9. The Labute approximate surface area is 148 Å². The van der Waals surface area contributed by atoms with Crippen LogP contribution < -0.4 is 10.0 Å². The summed E-state index contributed by atoms with van der Waals surface area (Å²) in [5.74, 6) is -0.239. The summed E-state index contributed by atoms with van der Waals surface area (Å²) < 4.78 is 44.5. The van der Waals surface area contributed by atoms with E-state index in [-0.39, 0.29) is 17.3 Å². The van der Waals surface area contributed by atoms with Crippen molar-refractivity contribution < 1.29 is 17.5 Å². The minimum atomic E-state index is -3.51. The van der Waals surface area contributed by atoms with E-state index >= 15 is 0 Å². The lowest BCUT2D eigenvalue weighted by Crippen LogP contribution is -2.27. The van der Waals surface area contributed by atoms with Gasteiger partial charge in [0.25, 0.3) is 0 Å². The van der Waals surface area contributed by atoms with Gasteiger partial charge in [-0.2, -0.15) is 0 Å². The summed E-state index contributed by atoms with van der Waals surface area (Å²) in [5.41, 5.74) is 2.90. The van der Waals surface area contributed by atoms with Gasteiger partial charge in [-0.05, 0) is 47.9 Å². The lowest BCUT2D eigenvalue weighted by atomic mass is 10.1. The third-order valence-electron chi connectivity index (χ3n) is 3.78. The largest absolute Gasteiger partial charge is 0.383 e. The number of hydrogen-bond acceptors (Lipinski definition) is 4. The zero-order chi connectivity index (χ0) is 18.3. The molecule has 0 spiro atoms. The highest BCUT2D eigenvalue weighted by molar-refractivity contribution is 7.89. The van der Waals surface area contributed by atoms with Crippen molar-refractivity contribution >= 4 is 10.0 Å². The van der Waals surface area contributed by atoms with Crippen LogP contribution >= 0.6 is 0 Å². The summed E-state index contributed by atoms with van der Waals surface area (Å²) in [7, 11) is -1.99. The second-order valence-corrected chi connectivity index (χ2v) is 7.48. The molecular weight excluding hydrogens is 343 g/mol. The van der Waals surface area contributed by atoms with E-state index in [2.05, 4.69) is 10.0 Å². The van der Waals surface area contributed by atoms with Gasteiger partial charge in [-0.1, -0.05) is 18.2 Å². The van der Waals surface area contributed by atoms with E-state index < -0.39 is 10.0 Å². The van der Waals surface area contributed by atoms with Crippen LogP contribution in [0.2, 0.25) is 0 Å². The quantitative estimate of drug-likeness (QED) is 0.669. The average molecular weight is 366 g/mol. The molecule has 2 rings (SSSR count). The molecule has 2 aromatic rings. The first kappa shape index (κ1) is 19.5. The molecule has 7 heteroatoms. The Morgan fingerprint density at radius 2 is 1.80 bits per heavy atom. The summed E-state index contributed by atoms with van der Waals surface area (Å²) in [4.78, 5) is 0.224. The number of hydrogen-bond donors (Lipinski definition) is 2. The summed E-state index contributed by atoms with van der Waals surface area (Å²) in [6, 6.07) is 11.4. The first-order valence-electron chi connectivity index (χ1n) is 7.95. The molecule has 25 heavy (non-hydrogen) atoms. The molecule has 0 amide bonds. The molecule has 2 N–H and O–H groups in total. The number of benzene rings is 2. The molecule has 0 aliphatic rings. The van der Waals surface area contributed by atoms with Crippen molar-refractivity contribution in [3.05, 3.63) is 65.0 Å². The molecule has 0 saturated carbocycles. The second kappa shape index (κ2) is 9.05. The summed E-state index contributed by atoms with van der Waals surface area (Å²) in [6.45, 7) is 3.64. The van der Waals surface area contributed by atoms with Gasteiger partial charge in [-0.3, -0.25) is 0 Å². The van der Waals surface area contributed by atoms with Crippen molar-refractivity contribution in [2.24, 2.45) is 0 Å². The standard InChI is InChI=1S/C18H23FN2O3S/c1-14-11-17(19)6-5-16(14)13-20-12-15-3-7-18(8-4-15)25(22,23)21-9-10-24-2/h3-8,11,20-21H,9-10,12-13H2,1-2H3. The van der Waals surface area contributed by atoms with Gasteiger partial charge in [-0.25, -0.2) is 17.5 Å². The van der Waals surface area contributed by atoms with Crippen LogP contribution in [-0.2, 0) is 27.8 Å². The van der Waals surface area contributed by atoms with Gasteiger partial charge in [0.2, 0.25) is 10.0 Å². The van der Waals surface area contributed by atoms with Crippen molar-refractivity contribution in [1.29, 1.82) is 0 Å². The van der Waals surface area contributed by atoms with Crippen LogP contribution in [0.3, 0.4) is 0 Å². The van der Waals surface area contributed by atoms with Crippen molar-refractivity contribution in [2.45, 2.75) is 24.9 Å². The molecule has 136 valence electrons. The van der Waals surface area contributed by atoms with E-state index in [1.165, 1.54) is 19.2 Å². The number of ether oxygens (including phenoxy) is 1. The molecule has 5 nitrogen and oxygen atoms in total. The zero-order valence-corrected chi connectivity index (χ0v) is 15.2. The van der Waals surface area contributed by atoms with Crippen molar-refractivity contribution in [3.8, 4) is 0 Å². The fourth-order valence-corrected chi connectivity index (χ4v) is 3.36. The van der Waals surface area contributed by atoms with Crippen molar-refractivity contribution in [3.63, 3.8) is 0 Å². The van der Waals surface area contributed by atoms with E-state index in [1.807, 2.05) is 6.92 Å². The molecule has 0 unspecified atom stereocenters. The molecule has 2 aromatic carbocycles. The van der Waals surface area contributed by atoms with Gasteiger partial charge in [0.05, 0.1) is 11.5 Å². The van der Waals surface area contributed by atoms with Crippen LogP contribution in [0, 0.1) is 12.7 Å². The Balaban J connectivity index is 1.89. The molecule has 0 saturated heterocycles. The predicted octanol–water partition coefficient (Wildman–Crippen LogP) is 2.35. The van der Waals surface area contributed by atoms with E-state index in [1.54, 1.807) is 30.3 Å². The monoisotopic (exact) mass is 366 g/mol. The van der Waals surface area contributed by atoms with Crippen molar-refractivity contribution in [1.82, 2.24) is 10.0 Å². The highest BCUT2D eigenvalue weighted by atomic mass is 32.2. The molecule has 0 fully saturated rings. The normalized spacial score (nSPS) is 11.6. The lowest BCUT2D eigenvalue weighted by Gasteiger charge is -2.09. The molecule has 0 atom stereocenters. The number of rotatable bonds is 9. The van der Waals surface area contributed by atoms with Crippen LogP contribution in [-0.4, -0.2) is 28.7 Å². The summed E-state index contributed by atoms with van der Waals surface area (Å²) in [6.07, 6.45) is 0. The van der Waals surface area contributed by atoms with E-state index in [0.29, 0.717) is 19.7 Å². The van der Waals surface area contributed by atoms with Gasteiger partial charge in [0, 0.05) is 26.7 Å². The van der Waals surface area contributed by atoms with Crippen LogP contribution in [0.25, 0.3) is 0 Å². The fraction of sp³-hybridized carbons (Fsp3) is 0.333. The topological polar surface area (TPSA) is 67.4 Å². The maximum absolute atomic E-state index is 13.1. The third-order valence-corrected chi connectivity index (χ3v) is 5.26. The Hall–Kier alpha value is -1.80. The highest BCUT2D eigenvalue weighted by Gasteiger charge is 2.12. The molecule has 0 bridgehead atoms. The molecule has 0 radical (unpaired) electrons. The minimum Gasteiger partial charge on any atom is -0.383 e. The van der Waals surface area contributed by atoms with E-state index in [4.69, 9.17) is 4.74 Å².